The van der Waals surface area contributed by atoms with Gasteiger partial charge in [0.05, 0.1) is 29.4 Å². The number of anilines is 2. The topological polar surface area (TPSA) is 97.1 Å². The molecule has 3 rings (SSSR count). The molecule has 28 heavy (non-hydrogen) atoms. The summed E-state index contributed by atoms with van der Waals surface area (Å²) in [5.41, 5.74) is -1.28. The summed E-state index contributed by atoms with van der Waals surface area (Å²) in [6.45, 7) is 1.66. The summed E-state index contributed by atoms with van der Waals surface area (Å²) in [5.74, 6) is -1.60. The van der Waals surface area contributed by atoms with Gasteiger partial charge in [0.15, 0.2) is 5.76 Å². The van der Waals surface area contributed by atoms with Crippen molar-refractivity contribution < 1.29 is 27.2 Å². The van der Waals surface area contributed by atoms with Gasteiger partial charge in [-0.25, -0.2) is 4.98 Å². The Morgan fingerprint density at radius 3 is 2.43 bits per heavy atom. The first-order valence-corrected chi connectivity index (χ1v) is 7.90. The van der Waals surface area contributed by atoms with Gasteiger partial charge in [0.25, 0.3) is 11.8 Å². The summed E-state index contributed by atoms with van der Waals surface area (Å²) in [7, 11) is 0. The molecule has 0 aliphatic carbocycles. The van der Waals surface area contributed by atoms with Crippen molar-refractivity contribution in [3.8, 4) is 0 Å². The number of hydrogen-bond donors (Lipinski definition) is 2. The van der Waals surface area contributed by atoms with E-state index in [1.165, 1.54) is 30.7 Å². The maximum Gasteiger partial charge on any atom is 0.418 e. The van der Waals surface area contributed by atoms with Crippen molar-refractivity contribution in [2.24, 2.45) is 0 Å². The van der Waals surface area contributed by atoms with Crippen molar-refractivity contribution in [3.63, 3.8) is 0 Å². The predicted octanol–water partition coefficient (Wildman–Crippen LogP) is 3.90. The minimum atomic E-state index is -4.77. The fourth-order valence-electron chi connectivity index (χ4n) is 2.26. The number of benzene rings is 1. The van der Waals surface area contributed by atoms with E-state index in [0.29, 0.717) is 5.69 Å². The van der Waals surface area contributed by atoms with Crippen LogP contribution in [0.4, 0.5) is 24.5 Å². The molecule has 0 saturated heterocycles. The maximum absolute atomic E-state index is 13.4. The zero-order chi connectivity index (χ0) is 20.3. The molecule has 2 amide bonds. The van der Waals surface area contributed by atoms with Gasteiger partial charge < -0.3 is 15.1 Å². The minimum Gasteiger partial charge on any atom is -0.459 e. The predicted molar refractivity (Wildman–Crippen MR) is 92.8 cm³/mol. The standard InChI is InChI=1S/C18H13F3N4O3/c1-10-8-23-14(9-22-10)16(26)25-13-5-4-11(7-12(13)18(19,20)21)24-17(27)15-3-2-6-28-15/h2-9H,1H3,(H,24,27)(H,25,26). The van der Waals surface area contributed by atoms with E-state index in [1.54, 1.807) is 6.92 Å². The van der Waals surface area contributed by atoms with Crippen LogP contribution in [-0.2, 0) is 6.18 Å². The first-order chi connectivity index (χ1) is 13.2. The lowest BCUT2D eigenvalue weighted by Gasteiger charge is -2.15. The molecule has 7 nitrogen and oxygen atoms in total. The lowest BCUT2D eigenvalue weighted by atomic mass is 10.1. The molecule has 0 atom stereocenters. The number of halogens is 3. The molecule has 0 radical (unpaired) electrons. The van der Waals surface area contributed by atoms with Gasteiger partial charge in [-0.05, 0) is 37.3 Å². The van der Waals surface area contributed by atoms with Crippen LogP contribution < -0.4 is 10.6 Å². The largest absolute Gasteiger partial charge is 0.459 e. The lowest BCUT2D eigenvalue weighted by Crippen LogP contribution is -2.19. The summed E-state index contributed by atoms with van der Waals surface area (Å²) in [6, 6.07) is 5.84. The van der Waals surface area contributed by atoms with Crippen LogP contribution in [0.3, 0.4) is 0 Å². The molecule has 2 aromatic heterocycles. The SMILES string of the molecule is Cc1cnc(C(=O)Nc2ccc(NC(=O)c3ccco3)cc2C(F)(F)F)cn1. The van der Waals surface area contributed by atoms with E-state index in [1.807, 2.05) is 0 Å². The average molecular weight is 390 g/mol. The number of nitrogens with one attached hydrogen (secondary N) is 2. The molecule has 0 aliphatic heterocycles. The van der Waals surface area contributed by atoms with E-state index in [0.717, 1.165) is 18.3 Å². The van der Waals surface area contributed by atoms with E-state index in [9.17, 15) is 22.8 Å². The third-order valence-corrected chi connectivity index (χ3v) is 3.59. The van der Waals surface area contributed by atoms with Crippen LogP contribution in [-0.4, -0.2) is 21.8 Å². The lowest BCUT2D eigenvalue weighted by molar-refractivity contribution is -0.136. The summed E-state index contributed by atoms with van der Waals surface area (Å²) < 4.78 is 45.2. The van der Waals surface area contributed by atoms with E-state index in [2.05, 4.69) is 20.6 Å². The Morgan fingerprint density at radius 2 is 1.82 bits per heavy atom. The number of alkyl halides is 3. The average Bonchev–Trinajstić information content (AvgIpc) is 3.17. The Labute approximate surface area is 156 Å². The highest BCUT2D eigenvalue weighted by Crippen LogP contribution is 2.36. The molecule has 0 spiro atoms. The molecule has 10 heteroatoms. The van der Waals surface area contributed by atoms with Crippen molar-refractivity contribution >= 4 is 23.2 Å². The van der Waals surface area contributed by atoms with Crippen LogP contribution in [0.1, 0.15) is 32.3 Å². The fraction of sp³-hybridized carbons (Fsp3) is 0.111. The van der Waals surface area contributed by atoms with Gasteiger partial charge in [-0.3, -0.25) is 14.6 Å². The monoisotopic (exact) mass is 390 g/mol. The Balaban J connectivity index is 1.85. The number of rotatable bonds is 4. The van der Waals surface area contributed by atoms with Gasteiger partial charge in [-0.2, -0.15) is 13.2 Å². The first kappa shape index (κ1) is 19.1. The van der Waals surface area contributed by atoms with Gasteiger partial charge in [0.1, 0.15) is 5.69 Å². The summed E-state index contributed by atoms with van der Waals surface area (Å²) >= 11 is 0. The third-order valence-electron chi connectivity index (χ3n) is 3.59. The fourth-order valence-corrected chi connectivity index (χ4v) is 2.26. The minimum absolute atomic E-state index is 0.0520. The Kier molecular flexibility index (Phi) is 5.12. The zero-order valence-electron chi connectivity index (χ0n) is 14.4. The molecule has 3 aromatic rings. The second kappa shape index (κ2) is 7.51. The van der Waals surface area contributed by atoms with E-state index >= 15 is 0 Å². The summed E-state index contributed by atoms with van der Waals surface area (Å²) in [5, 5.41) is 4.48. The number of amides is 2. The van der Waals surface area contributed by atoms with Crippen molar-refractivity contribution in [1.82, 2.24) is 9.97 Å². The van der Waals surface area contributed by atoms with Gasteiger partial charge in [-0.15, -0.1) is 0 Å². The summed E-state index contributed by atoms with van der Waals surface area (Å²) in [4.78, 5) is 31.8. The molecular formula is C18H13F3N4O3. The smallest absolute Gasteiger partial charge is 0.418 e. The number of carbonyl (C=O) groups is 2. The number of hydrogen-bond acceptors (Lipinski definition) is 5. The first-order valence-electron chi connectivity index (χ1n) is 7.90. The Bertz CT molecular complexity index is 1000. The van der Waals surface area contributed by atoms with Gasteiger partial charge in [0.2, 0.25) is 0 Å². The molecule has 0 saturated carbocycles. The van der Waals surface area contributed by atoms with Crippen molar-refractivity contribution in [2.45, 2.75) is 13.1 Å². The van der Waals surface area contributed by atoms with Crippen LogP contribution in [0.2, 0.25) is 0 Å². The zero-order valence-corrected chi connectivity index (χ0v) is 14.4. The highest BCUT2D eigenvalue weighted by Gasteiger charge is 2.34. The summed E-state index contributed by atoms with van der Waals surface area (Å²) in [6.07, 6.45) is -1.02. The molecule has 0 unspecified atom stereocenters. The van der Waals surface area contributed by atoms with Crippen LogP contribution in [0.5, 0.6) is 0 Å². The van der Waals surface area contributed by atoms with E-state index in [-0.39, 0.29) is 17.1 Å². The normalized spacial score (nSPS) is 11.1. The number of carbonyl (C=O) groups excluding carboxylic acids is 2. The second-order valence-corrected chi connectivity index (χ2v) is 5.69. The van der Waals surface area contributed by atoms with E-state index < -0.39 is 29.2 Å². The quantitative estimate of drug-likeness (QED) is 0.704. The third kappa shape index (κ3) is 4.34. The number of furan rings is 1. The molecule has 0 fully saturated rings. The Hall–Kier alpha value is -3.69. The number of aryl methyl sites for hydroxylation is 1. The van der Waals surface area contributed by atoms with Gasteiger partial charge >= 0.3 is 6.18 Å². The van der Waals surface area contributed by atoms with Crippen molar-refractivity contribution in [2.75, 3.05) is 10.6 Å². The van der Waals surface area contributed by atoms with Crippen LogP contribution in [0, 0.1) is 6.92 Å². The van der Waals surface area contributed by atoms with Crippen molar-refractivity contribution in [1.29, 1.82) is 0 Å². The van der Waals surface area contributed by atoms with Gasteiger partial charge in [-0.1, -0.05) is 0 Å². The molecular weight excluding hydrogens is 377 g/mol. The molecule has 2 heterocycles. The number of nitrogens with zero attached hydrogens (tertiary/aromatic N) is 2. The van der Waals surface area contributed by atoms with Crippen LogP contribution in [0.25, 0.3) is 0 Å². The maximum atomic E-state index is 13.4. The van der Waals surface area contributed by atoms with Gasteiger partial charge in [0, 0.05) is 11.9 Å². The highest BCUT2D eigenvalue weighted by atomic mass is 19.4. The highest BCUT2D eigenvalue weighted by molar-refractivity contribution is 6.04. The molecule has 144 valence electrons. The Morgan fingerprint density at radius 1 is 1.04 bits per heavy atom. The molecule has 0 bridgehead atoms. The van der Waals surface area contributed by atoms with Crippen LogP contribution in [0.15, 0.2) is 53.4 Å². The number of aromatic nitrogens is 2. The molecule has 2 N–H and O–H groups in total. The second-order valence-electron chi connectivity index (χ2n) is 5.69. The molecule has 1 aromatic carbocycles. The van der Waals surface area contributed by atoms with E-state index in [4.69, 9.17) is 4.42 Å². The van der Waals surface area contributed by atoms with Crippen LogP contribution >= 0.6 is 0 Å². The van der Waals surface area contributed by atoms with Crippen molar-refractivity contribution in [3.05, 3.63) is 71.7 Å². The molecule has 0 aliphatic rings.